The van der Waals surface area contributed by atoms with E-state index < -0.39 is 12.1 Å². The van der Waals surface area contributed by atoms with Crippen molar-refractivity contribution in [1.82, 2.24) is 14.5 Å². The number of hydrogen-bond acceptors (Lipinski definition) is 6. The van der Waals surface area contributed by atoms with E-state index in [1.165, 1.54) is 22.2 Å². The van der Waals surface area contributed by atoms with Crippen LogP contribution in [-0.2, 0) is 20.9 Å². The van der Waals surface area contributed by atoms with Crippen LogP contribution in [0.3, 0.4) is 0 Å². The molecule has 148 valence electrons. The lowest BCUT2D eigenvalue weighted by molar-refractivity contribution is -0.161. The first-order valence-corrected chi connectivity index (χ1v) is 9.83. The molecule has 1 amide bonds. The van der Waals surface area contributed by atoms with Crippen molar-refractivity contribution in [1.29, 1.82) is 0 Å². The lowest BCUT2D eigenvalue weighted by atomic mass is 10.2. The number of nitrogens with zero attached hydrogens (tertiary/aromatic N) is 3. The first-order valence-electron chi connectivity index (χ1n) is 9.01. The van der Waals surface area contributed by atoms with Crippen molar-refractivity contribution in [3.05, 3.63) is 27.1 Å². The Morgan fingerprint density at radius 2 is 1.78 bits per heavy atom. The van der Waals surface area contributed by atoms with E-state index in [-0.39, 0.29) is 30.1 Å². The molecule has 0 aliphatic rings. The largest absolute Gasteiger partial charge is 0.451 e. The first kappa shape index (κ1) is 21.1. The minimum atomic E-state index is -0.917. The van der Waals surface area contributed by atoms with Crippen LogP contribution in [-0.4, -0.2) is 44.5 Å². The van der Waals surface area contributed by atoms with Gasteiger partial charge >= 0.3 is 5.97 Å². The summed E-state index contributed by atoms with van der Waals surface area (Å²) in [4.78, 5) is 45.1. The number of rotatable bonds is 6. The summed E-state index contributed by atoms with van der Waals surface area (Å²) >= 11 is 1.45. The highest BCUT2D eigenvalue weighted by molar-refractivity contribution is 7.18. The van der Waals surface area contributed by atoms with Gasteiger partial charge in [0.2, 0.25) is 0 Å². The maximum Gasteiger partial charge on any atom is 0.326 e. The number of esters is 1. The molecule has 2 aromatic rings. The van der Waals surface area contributed by atoms with Crippen molar-refractivity contribution in [2.45, 2.75) is 73.2 Å². The van der Waals surface area contributed by atoms with Gasteiger partial charge in [-0.1, -0.05) is 0 Å². The molecule has 2 aromatic heterocycles. The zero-order chi connectivity index (χ0) is 20.5. The van der Waals surface area contributed by atoms with E-state index in [1.807, 2.05) is 41.5 Å². The van der Waals surface area contributed by atoms with Gasteiger partial charge in [0.1, 0.15) is 11.4 Å². The maximum absolute atomic E-state index is 12.7. The van der Waals surface area contributed by atoms with Gasteiger partial charge in [0.05, 0.1) is 11.7 Å². The number of fused-ring (bicyclic) bond motifs is 1. The lowest BCUT2D eigenvalue weighted by Crippen LogP contribution is -2.47. The standard InChI is InChI=1S/C19H27N3O4S/c1-10(2)22(11(3)4)18(24)13(6)26-15(23)8-21-9-20-17-16(19(21)25)12(5)14(7)27-17/h9-11,13H,8H2,1-7H3/t13-/m1/s1. The highest BCUT2D eigenvalue weighted by Gasteiger charge is 2.27. The molecule has 0 aromatic carbocycles. The maximum atomic E-state index is 12.7. The molecule has 0 saturated heterocycles. The monoisotopic (exact) mass is 393 g/mol. The van der Waals surface area contributed by atoms with Crippen LogP contribution in [0, 0.1) is 13.8 Å². The topological polar surface area (TPSA) is 81.5 Å². The van der Waals surface area contributed by atoms with E-state index in [4.69, 9.17) is 4.74 Å². The van der Waals surface area contributed by atoms with Crippen LogP contribution in [0.4, 0.5) is 0 Å². The number of hydrogen-bond donors (Lipinski definition) is 0. The highest BCUT2D eigenvalue weighted by Crippen LogP contribution is 2.25. The second kappa shape index (κ2) is 8.21. The van der Waals surface area contributed by atoms with Crippen molar-refractivity contribution in [2.75, 3.05) is 0 Å². The zero-order valence-electron chi connectivity index (χ0n) is 16.9. The second-order valence-corrected chi connectivity index (χ2v) is 8.41. The van der Waals surface area contributed by atoms with E-state index in [9.17, 15) is 14.4 Å². The number of thiophene rings is 1. The van der Waals surface area contributed by atoms with Gasteiger partial charge in [-0.15, -0.1) is 11.3 Å². The average Bonchev–Trinajstić information content (AvgIpc) is 2.84. The Kier molecular flexibility index (Phi) is 6.41. The van der Waals surface area contributed by atoms with Crippen molar-refractivity contribution >= 4 is 33.4 Å². The first-order chi connectivity index (χ1) is 12.5. The predicted octanol–water partition coefficient (Wildman–Crippen LogP) is 2.65. The van der Waals surface area contributed by atoms with Gasteiger partial charge in [0, 0.05) is 17.0 Å². The molecule has 0 fully saturated rings. The summed E-state index contributed by atoms with van der Waals surface area (Å²) < 4.78 is 6.51. The third-order valence-corrected chi connectivity index (χ3v) is 5.59. The smallest absolute Gasteiger partial charge is 0.326 e. The molecule has 8 heteroatoms. The second-order valence-electron chi connectivity index (χ2n) is 7.21. The number of carbonyl (C=O) groups is 2. The normalized spacial score (nSPS) is 12.6. The van der Waals surface area contributed by atoms with Gasteiger partial charge in [-0.3, -0.25) is 19.0 Å². The SMILES string of the molecule is Cc1sc2ncn(CC(=O)O[C@H](C)C(=O)N(C(C)C)C(C)C)c(=O)c2c1C. The molecule has 0 unspecified atom stereocenters. The van der Waals surface area contributed by atoms with Gasteiger partial charge in [0.25, 0.3) is 11.5 Å². The molecule has 2 heterocycles. The molecular weight excluding hydrogens is 366 g/mol. The molecule has 0 N–H and O–H groups in total. The average molecular weight is 394 g/mol. The molecular formula is C19H27N3O4S. The predicted molar refractivity (Wildman–Crippen MR) is 106 cm³/mol. The summed E-state index contributed by atoms with van der Waals surface area (Å²) in [5.41, 5.74) is 0.604. The Labute approximate surface area is 163 Å². The van der Waals surface area contributed by atoms with Gasteiger partial charge in [-0.2, -0.15) is 0 Å². The number of amides is 1. The summed E-state index contributed by atoms with van der Waals surface area (Å²) in [6, 6.07) is -0.00429. The Morgan fingerprint density at radius 1 is 1.19 bits per heavy atom. The van der Waals surface area contributed by atoms with Gasteiger partial charge in [0.15, 0.2) is 6.10 Å². The third kappa shape index (κ3) is 4.37. The molecule has 0 saturated carbocycles. The highest BCUT2D eigenvalue weighted by atomic mass is 32.1. The summed E-state index contributed by atoms with van der Waals surface area (Å²) in [5.74, 6) is -0.894. The van der Waals surface area contributed by atoms with Crippen LogP contribution in [0.25, 0.3) is 10.2 Å². The minimum absolute atomic E-state index is 0.00214. The number of ether oxygens (including phenoxy) is 1. The van der Waals surface area contributed by atoms with E-state index in [2.05, 4.69) is 4.98 Å². The van der Waals surface area contributed by atoms with E-state index in [1.54, 1.807) is 11.8 Å². The van der Waals surface area contributed by atoms with Crippen molar-refractivity contribution in [2.24, 2.45) is 0 Å². The molecule has 2 rings (SSSR count). The Hall–Kier alpha value is -2.22. The van der Waals surface area contributed by atoms with E-state index in [0.717, 1.165) is 10.4 Å². The Morgan fingerprint density at radius 3 is 2.33 bits per heavy atom. The van der Waals surface area contributed by atoms with E-state index >= 15 is 0 Å². The summed E-state index contributed by atoms with van der Waals surface area (Å²) in [6.45, 7) is 12.7. The van der Waals surface area contributed by atoms with Crippen LogP contribution in [0.2, 0.25) is 0 Å². The Bertz CT molecular complexity index is 906. The summed E-state index contributed by atoms with van der Waals surface area (Å²) in [7, 11) is 0. The number of aromatic nitrogens is 2. The molecule has 0 bridgehead atoms. The summed E-state index contributed by atoms with van der Waals surface area (Å²) in [6.07, 6.45) is 0.433. The molecule has 27 heavy (non-hydrogen) atoms. The molecule has 0 aliphatic heterocycles. The van der Waals surface area contributed by atoms with Gasteiger partial charge in [-0.25, -0.2) is 4.98 Å². The number of aryl methyl sites for hydroxylation is 2. The molecule has 0 spiro atoms. The number of carbonyl (C=O) groups excluding carboxylic acids is 2. The van der Waals surface area contributed by atoms with Crippen molar-refractivity contribution in [3.63, 3.8) is 0 Å². The lowest BCUT2D eigenvalue weighted by Gasteiger charge is -2.32. The van der Waals surface area contributed by atoms with Gasteiger partial charge in [-0.05, 0) is 54.0 Å². The minimum Gasteiger partial charge on any atom is -0.451 e. The summed E-state index contributed by atoms with van der Waals surface area (Å²) in [5, 5.41) is 0.530. The van der Waals surface area contributed by atoms with Crippen LogP contribution < -0.4 is 5.56 Å². The quantitative estimate of drug-likeness (QED) is 0.705. The third-order valence-electron chi connectivity index (χ3n) is 4.48. The van der Waals surface area contributed by atoms with Crippen LogP contribution in [0.15, 0.2) is 11.1 Å². The Balaban J connectivity index is 2.15. The molecule has 7 nitrogen and oxygen atoms in total. The molecule has 0 aliphatic carbocycles. The zero-order valence-corrected chi connectivity index (χ0v) is 17.7. The van der Waals surface area contributed by atoms with Crippen LogP contribution in [0.5, 0.6) is 0 Å². The van der Waals surface area contributed by atoms with E-state index in [0.29, 0.717) is 10.2 Å². The van der Waals surface area contributed by atoms with Crippen LogP contribution >= 0.6 is 11.3 Å². The fraction of sp³-hybridized carbons (Fsp3) is 0.579. The molecule has 1 atom stereocenters. The van der Waals surface area contributed by atoms with Crippen molar-refractivity contribution in [3.8, 4) is 0 Å². The van der Waals surface area contributed by atoms with Gasteiger partial charge < -0.3 is 9.64 Å². The fourth-order valence-corrected chi connectivity index (χ4v) is 4.11. The fourth-order valence-electron chi connectivity index (χ4n) is 3.12. The molecule has 0 radical (unpaired) electrons. The van der Waals surface area contributed by atoms with Crippen LogP contribution in [0.1, 0.15) is 45.1 Å². The van der Waals surface area contributed by atoms with Crippen molar-refractivity contribution < 1.29 is 14.3 Å².